The maximum absolute atomic E-state index is 14.5. The maximum atomic E-state index is 14.5. The van der Waals surface area contributed by atoms with Crippen LogP contribution in [0.3, 0.4) is 0 Å². The molecular formula is C31H35F4N5O4S. The average molecular weight is 650 g/mol. The summed E-state index contributed by atoms with van der Waals surface area (Å²) in [6, 6.07) is 15.3. The summed E-state index contributed by atoms with van der Waals surface area (Å²) >= 11 is 0. The van der Waals surface area contributed by atoms with Crippen LogP contribution in [0, 0.1) is 5.82 Å². The predicted octanol–water partition coefficient (Wildman–Crippen LogP) is 4.75. The first-order valence-electron chi connectivity index (χ1n) is 14.4. The third-order valence-corrected chi connectivity index (χ3v) is 8.12. The van der Waals surface area contributed by atoms with E-state index < -0.39 is 39.5 Å². The van der Waals surface area contributed by atoms with E-state index in [1.165, 1.54) is 25.1 Å². The standard InChI is InChI=1S/C31H35F4N5O4S/c1-20(22-9-11-26(25(32)18-22)39-45(2,43)44)30(42)36-19-23-10-12-27(31(33,34)35)38-29(23)40-16-14-24(15-17-40)37-28(41)13-8-21-6-4-3-5-7-21/h3-7,9-12,18,20,24,39H,8,13-17,19H2,1-2H3,(H,36,42)(H,37,41). The monoisotopic (exact) mass is 649 g/mol. The average Bonchev–Trinajstić information content (AvgIpc) is 2.99. The second kappa shape index (κ2) is 14.3. The smallest absolute Gasteiger partial charge is 0.356 e. The Morgan fingerprint density at radius 2 is 1.73 bits per heavy atom. The Labute approximate surface area is 259 Å². The number of hydrogen-bond acceptors (Lipinski definition) is 6. The molecule has 3 aromatic rings. The zero-order chi connectivity index (χ0) is 32.8. The molecule has 1 unspecified atom stereocenters. The molecule has 9 nitrogen and oxygen atoms in total. The van der Waals surface area contributed by atoms with E-state index in [4.69, 9.17) is 0 Å². The van der Waals surface area contributed by atoms with E-state index in [1.807, 2.05) is 30.3 Å². The summed E-state index contributed by atoms with van der Waals surface area (Å²) in [5.41, 5.74) is 0.384. The highest BCUT2D eigenvalue weighted by Gasteiger charge is 2.34. The van der Waals surface area contributed by atoms with Crippen molar-refractivity contribution in [2.45, 2.75) is 57.3 Å². The van der Waals surface area contributed by atoms with Crippen molar-refractivity contribution < 1.29 is 35.6 Å². The Bertz CT molecular complexity index is 1610. The number of carbonyl (C=O) groups is 2. The van der Waals surface area contributed by atoms with Crippen LogP contribution in [-0.4, -0.2) is 50.6 Å². The van der Waals surface area contributed by atoms with Crippen LogP contribution < -0.4 is 20.3 Å². The molecular weight excluding hydrogens is 614 g/mol. The molecule has 1 aliphatic heterocycles. The highest BCUT2D eigenvalue weighted by Crippen LogP contribution is 2.32. The number of aryl methyl sites for hydroxylation is 1. The fourth-order valence-electron chi connectivity index (χ4n) is 5.05. The van der Waals surface area contributed by atoms with Crippen molar-refractivity contribution in [3.05, 3.63) is 88.9 Å². The molecule has 0 bridgehead atoms. The molecule has 4 rings (SSSR count). The van der Waals surface area contributed by atoms with Gasteiger partial charge in [0.05, 0.1) is 17.9 Å². The highest BCUT2D eigenvalue weighted by atomic mass is 32.2. The summed E-state index contributed by atoms with van der Waals surface area (Å²) in [6.07, 6.45) is -1.83. The Morgan fingerprint density at radius 3 is 2.36 bits per heavy atom. The molecule has 2 aromatic carbocycles. The number of alkyl halides is 3. The molecule has 0 spiro atoms. The lowest BCUT2D eigenvalue weighted by atomic mass is 9.99. The molecule has 0 aliphatic carbocycles. The van der Waals surface area contributed by atoms with E-state index in [2.05, 4.69) is 20.3 Å². The van der Waals surface area contributed by atoms with Crippen LogP contribution in [-0.2, 0) is 38.8 Å². The number of amides is 2. The second-order valence-corrected chi connectivity index (χ2v) is 12.8. The molecule has 3 N–H and O–H groups in total. The third-order valence-electron chi connectivity index (χ3n) is 7.52. The van der Waals surface area contributed by atoms with E-state index >= 15 is 0 Å². The molecule has 1 aromatic heterocycles. The van der Waals surface area contributed by atoms with Crippen molar-refractivity contribution in [2.24, 2.45) is 0 Å². The Morgan fingerprint density at radius 1 is 1.04 bits per heavy atom. The van der Waals surface area contributed by atoms with Crippen molar-refractivity contribution in [3.8, 4) is 0 Å². The van der Waals surface area contributed by atoms with E-state index in [0.717, 1.165) is 24.0 Å². The van der Waals surface area contributed by atoms with Crippen molar-refractivity contribution in [3.63, 3.8) is 0 Å². The first-order valence-corrected chi connectivity index (χ1v) is 16.3. The first-order chi connectivity index (χ1) is 21.2. The Balaban J connectivity index is 1.39. The van der Waals surface area contributed by atoms with Crippen LogP contribution in [0.5, 0.6) is 0 Å². The number of anilines is 2. The molecule has 0 radical (unpaired) electrons. The largest absolute Gasteiger partial charge is 0.433 e. The molecule has 45 heavy (non-hydrogen) atoms. The summed E-state index contributed by atoms with van der Waals surface area (Å²) in [5, 5.41) is 5.71. The van der Waals surface area contributed by atoms with Crippen LogP contribution in [0.25, 0.3) is 0 Å². The number of nitrogens with zero attached hydrogens (tertiary/aromatic N) is 2. The number of sulfonamides is 1. The molecule has 0 saturated carbocycles. The quantitative estimate of drug-likeness (QED) is 0.258. The van der Waals surface area contributed by atoms with Gasteiger partial charge in [0.15, 0.2) is 0 Å². The van der Waals surface area contributed by atoms with Crippen molar-refractivity contribution >= 4 is 33.3 Å². The Hall–Kier alpha value is -4.20. The lowest BCUT2D eigenvalue weighted by Gasteiger charge is -2.34. The number of nitrogens with one attached hydrogen (secondary N) is 3. The van der Waals surface area contributed by atoms with E-state index in [-0.39, 0.29) is 35.6 Å². The number of hydrogen-bond donors (Lipinski definition) is 3. The number of aromatic nitrogens is 1. The van der Waals surface area contributed by atoms with Gasteiger partial charge in [-0.15, -0.1) is 0 Å². The normalized spacial score (nSPS) is 14.9. The number of rotatable bonds is 11. The molecule has 1 atom stereocenters. The highest BCUT2D eigenvalue weighted by molar-refractivity contribution is 7.92. The molecule has 1 fully saturated rings. The molecule has 1 aliphatic rings. The van der Waals surface area contributed by atoms with Crippen LogP contribution in [0.2, 0.25) is 0 Å². The minimum atomic E-state index is -4.67. The number of piperidine rings is 1. The van der Waals surface area contributed by atoms with Crippen LogP contribution >= 0.6 is 0 Å². The topological polar surface area (TPSA) is 120 Å². The van der Waals surface area contributed by atoms with Crippen LogP contribution in [0.15, 0.2) is 60.7 Å². The SMILES string of the molecule is CC(C(=O)NCc1ccc(C(F)(F)F)nc1N1CCC(NC(=O)CCc2ccccc2)CC1)c1ccc(NS(C)(=O)=O)c(F)c1. The molecule has 14 heteroatoms. The zero-order valence-corrected chi connectivity index (χ0v) is 25.6. The lowest BCUT2D eigenvalue weighted by molar-refractivity contribution is -0.141. The summed E-state index contributed by atoms with van der Waals surface area (Å²) in [6.45, 7) is 2.10. The van der Waals surface area contributed by atoms with Gasteiger partial charge in [0.1, 0.15) is 17.3 Å². The zero-order valence-electron chi connectivity index (χ0n) is 24.8. The van der Waals surface area contributed by atoms with Crippen LogP contribution in [0.4, 0.5) is 29.1 Å². The minimum Gasteiger partial charge on any atom is -0.356 e. The van der Waals surface area contributed by atoms with Gasteiger partial charge in [-0.25, -0.2) is 17.8 Å². The molecule has 2 heterocycles. The van der Waals surface area contributed by atoms with Crippen molar-refractivity contribution in [1.82, 2.24) is 15.6 Å². The van der Waals surface area contributed by atoms with Gasteiger partial charge >= 0.3 is 6.18 Å². The van der Waals surface area contributed by atoms with Crippen molar-refractivity contribution in [1.29, 1.82) is 0 Å². The lowest BCUT2D eigenvalue weighted by Crippen LogP contribution is -2.45. The summed E-state index contributed by atoms with van der Waals surface area (Å²) < 4.78 is 80.0. The molecule has 1 saturated heterocycles. The van der Waals surface area contributed by atoms with E-state index in [9.17, 15) is 35.6 Å². The van der Waals surface area contributed by atoms with Crippen molar-refractivity contribution in [2.75, 3.05) is 29.0 Å². The second-order valence-electron chi connectivity index (χ2n) is 11.0. The van der Waals surface area contributed by atoms with Gasteiger partial charge in [-0.2, -0.15) is 13.2 Å². The summed E-state index contributed by atoms with van der Waals surface area (Å²) in [4.78, 5) is 31.1. The van der Waals surface area contributed by atoms with Gasteiger partial charge < -0.3 is 15.5 Å². The Kier molecular flexibility index (Phi) is 10.7. The number of benzene rings is 2. The first kappa shape index (κ1) is 33.7. The molecule has 242 valence electrons. The van der Waals surface area contributed by atoms with Gasteiger partial charge in [-0.1, -0.05) is 42.5 Å². The third kappa shape index (κ3) is 9.64. The van der Waals surface area contributed by atoms with E-state index in [1.54, 1.807) is 4.90 Å². The summed E-state index contributed by atoms with van der Waals surface area (Å²) in [5.74, 6) is -2.22. The fourth-order valence-corrected chi connectivity index (χ4v) is 5.62. The van der Waals surface area contributed by atoms with Gasteiger partial charge in [-0.3, -0.25) is 14.3 Å². The van der Waals surface area contributed by atoms with Gasteiger partial charge in [-0.05, 0) is 55.5 Å². The van der Waals surface area contributed by atoms with E-state index in [0.29, 0.717) is 44.3 Å². The van der Waals surface area contributed by atoms with Gasteiger partial charge in [0.2, 0.25) is 21.8 Å². The van der Waals surface area contributed by atoms with Gasteiger partial charge in [0, 0.05) is 37.7 Å². The number of pyridine rings is 1. The minimum absolute atomic E-state index is 0.0896. The van der Waals surface area contributed by atoms with Gasteiger partial charge in [0.25, 0.3) is 0 Å². The summed E-state index contributed by atoms with van der Waals surface area (Å²) in [7, 11) is -3.70. The predicted molar refractivity (Wildman–Crippen MR) is 163 cm³/mol. The van der Waals surface area contributed by atoms with Crippen LogP contribution in [0.1, 0.15) is 54.5 Å². The maximum Gasteiger partial charge on any atom is 0.433 e. The fraction of sp³-hybridized carbons (Fsp3) is 0.387. The number of halogens is 4. The number of carbonyl (C=O) groups excluding carboxylic acids is 2. The molecule has 2 amide bonds.